The van der Waals surface area contributed by atoms with Crippen molar-refractivity contribution in [1.29, 1.82) is 0 Å². The van der Waals surface area contributed by atoms with Crippen LogP contribution in [0.5, 0.6) is 0 Å². The molecule has 1 amide bonds. The minimum Gasteiger partial charge on any atom is -0.376 e. The van der Waals surface area contributed by atoms with Crippen molar-refractivity contribution in [1.82, 2.24) is 9.88 Å². The lowest BCUT2D eigenvalue weighted by Gasteiger charge is -2.13. The molecule has 1 aliphatic heterocycles. The molecule has 2 aromatic rings. The Bertz CT molecular complexity index is 654. The number of aromatic nitrogens is 1. The van der Waals surface area contributed by atoms with E-state index in [2.05, 4.69) is 28.9 Å². The van der Waals surface area contributed by atoms with E-state index in [-0.39, 0.29) is 12.0 Å². The van der Waals surface area contributed by atoms with Crippen LogP contribution in [0.3, 0.4) is 0 Å². The van der Waals surface area contributed by atoms with Crippen molar-refractivity contribution in [3.05, 3.63) is 35.5 Å². The zero-order valence-electron chi connectivity index (χ0n) is 12.7. The van der Waals surface area contributed by atoms with Crippen molar-refractivity contribution in [3.63, 3.8) is 0 Å². The van der Waals surface area contributed by atoms with E-state index in [4.69, 9.17) is 4.74 Å². The second kappa shape index (κ2) is 5.90. The standard InChI is InChI=1S/C17H22N2O2/c1-3-19-15-9-5-4-8-14(15)12(2)16(19)17(20)18-11-13-7-6-10-21-13/h4-5,8-9,13H,3,6-7,10-11H2,1-2H3,(H,18,20). The Labute approximate surface area is 125 Å². The molecule has 1 aromatic carbocycles. The molecule has 1 N–H and O–H groups in total. The van der Waals surface area contributed by atoms with Gasteiger partial charge in [0.2, 0.25) is 0 Å². The van der Waals surface area contributed by atoms with Gasteiger partial charge in [-0.25, -0.2) is 0 Å². The first kappa shape index (κ1) is 14.1. The molecule has 1 atom stereocenters. The first-order chi connectivity index (χ1) is 10.2. The van der Waals surface area contributed by atoms with Gasteiger partial charge in [-0.15, -0.1) is 0 Å². The fourth-order valence-corrected chi connectivity index (χ4v) is 3.19. The Balaban J connectivity index is 1.87. The highest BCUT2D eigenvalue weighted by Gasteiger charge is 2.21. The third-order valence-electron chi connectivity index (χ3n) is 4.27. The minimum absolute atomic E-state index is 0.000972. The lowest BCUT2D eigenvalue weighted by atomic mass is 10.1. The van der Waals surface area contributed by atoms with Gasteiger partial charge >= 0.3 is 0 Å². The Morgan fingerprint density at radius 2 is 2.24 bits per heavy atom. The fraction of sp³-hybridized carbons (Fsp3) is 0.471. The van der Waals surface area contributed by atoms with Gasteiger partial charge in [-0.05, 0) is 38.3 Å². The average Bonchev–Trinajstić information content (AvgIpc) is 3.11. The second-order valence-corrected chi connectivity index (χ2v) is 5.58. The zero-order valence-corrected chi connectivity index (χ0v) is 12.7. The van der Waals surface area contributed by atoms with E-state index in [0.717, 1.165) is 48.2 Å². The molecule has 0 spiro atoms. The Morgan fingerprint density at radius 1 is 1.43 bits per heavy atom. The highest BCUT2D eigenvalue weighted by atomic mass is 16.5. The van der Waals surface area contributed by atoms with Crippen molar-refractivity contribution in [3.8, 4) is 0 Å². The largest absolute Gasteiger partial charge is 0.376 e. The number of aryl methyl sites for hydroxylation is 2. The number of carbonyl (C=O) groups is 1. The summed E-state index contributed by atoms with van der Waals surface area (Å²) in [7, 11) is 0. The molecule has 21 heavy (non-hydrogen) atoms. The molecule has 0 aliphatic carbocycles. The molecule has 0 radical (unpaired) electrons. The molecule has 1 aromatic heterocycles. The lowest BCUT2D eigenvalue weighted by Crippen LogP contribution is -2.33. The van der Waals surface area contributed by atoms with E-state index in [1.54, 1.807) is 0 Å². The van der Waals surface area contributed by atoms with E-state index < -0.39 is 0 Å². The van der Waals surface area contributed by atoms with E-state index in [1.807, 2.05) is 19.1 Å². The quantitative estimate of drug-likeness (QED) is 0.939. The van der Waals surface area contributed by atoms with Crippen LogP contribution in [0.25, 0.3) is 10.9 Å². The molecule has 112 valence electrons. The molecule has 3 rings (SSSR count). The maximum Gasteiger partial charge on any atom is 0.268 e. The number of hydrogen-bond donors (Lipinski definition) is 1. The van der Waals surface area contributed by atoms with Gasteiger partial charge in [-0.2, -0.15) is 0 Å². The Hall–Kier alpha value is -1.81. The minimum atomic E-state index is 0.000972. The number of ether oxygens (including phenoxy) is 1. The van der Waals surface area contributed by atoms with E-state index in [0.29, 0.717) is 6.54 Å². The van der Waals surface area contributed by atoms with Gasteiger partial charge in [0.25, 0.3) is 5.91 Å². The summed E-state index contributed by atoms with van der Waals surface area (Å²) in [5.41, 5.74) is 2.95. The normalized spacial score (nSPS) is 18.3. The molecule has 1 fully saturated rings. The maximum atomic E-state index is 12.6. The van der Waals surface area contributed by atoms with E-state index >= 15 is 0 Å². The van der Waals surface area contributed by atoms with Crippen LogP contribution in [-0.4, -0.2) is 29.7 Å². The van der Waals surface area contributed by atoms with E-state index in [1.165, 1.54) is 0 Å². The molecule has 4 nitrogen and oxygen atoms in total. The van der Waals surface area contributed by atoms with Gasteiger partial charge in [-0.1, -0.05) is 18.2 Å². The number of para-hydroxylation sites is 1. The third-order valence-corrected chi connectivity index (χ3v) is 4.27. The summed E-state index contributed by atoms with van der Waals surface area (Å²) in [6, 6.07) is 8.18. The molecule has 4 heteroatoms. The summed E-state index contributed by atoms with van der Waals surface area (Å²) in [5.74, 6) is 0.000972. The lowest BCUT2D eigenvalue weighted by molar-refractivity contribution is 0.0850. The Kier molecular flexibility index (Phi) is 3.97. The van der Waals surface area contributed by atoms with Crippen LogP contribution in [-0.2, 0) is 11.3 Å². The number of rotatable bonds is 4. The third kappa shape index (κ3) is 2.56. The van der Waals surface area contributed by atoms with Gasteiger partial charge in [0.15, 0.2) is 0 Å². The molecule has 0 bridgehead atoms. The molecular weight excluding hydrogens is 264 g/mol. The van der Waals surface area contributed by atoms with Crippen LogP contribution in [0.4, 0.5) is 0 Å². The molecule has 0 saturated carbocycles. The van der Waals surface area contributed by atoms with Gasteiger partial charge in [0, 0.05) is 30.6 Å². The molecule has 1 unspecified atom stereocenters. The maximum absolute atomic E-state index is 12.6. The molecule has 1 aliphatic rings. The van der Waals surface area contributed by atoms with Crippen molar-refractivity contribution in [2.24, 2.45) is 0 Å². The average molecular weight is 286 g/mol. The number of fused-ring (bicyclic) bond motifs is 1. The summed E-state index contributed by atoms with van der Waals surface area (Å²) in [6.07, 6.45) is 2.30. The number of benzene rings is 1. The summed E-state index contributed by atoms with van der Waals surface area (Å²) in [5, 5.41) is 4.19. The van der Waals surface area contributed by atoms with Crippen LogP contribution in [0.2, 0.25) is 0 Å². The van der Waals surface area contributed by atoms with Crippen molar-refractivity contribution in [2.45, 2.75) is 39.3 Å². The zero-order chi connectivity index (χ0) is 14.8. The number of nitrogens with one attached hydrogen (secondary N) is 1. The topological polar surface area (TPSA) is 43.3 Å². The Morgan fingerprint density at radius 3 is 2.95 bits per heavy atom. The van der Waals surface area contributed by atoms with Crippen LogP contribution in [0.15, 0.2) is 24.3 Å². The monoisotopic (exact) mass is 286 g/mol. The van der Waals surface area contributed by atoms with Gasteiger partial charge < -0.3 is 14.6 Å². The van der Waals surface area contributed by atoms with Gasteiger partial charge in [0.05, 0.1) is 6.10 Å². The van der Waals surface area contributed by atoms with Gasteiger partial charge in [0.1, 0.15) is 5.69 Å². The number of amides is 1. The van der Waals surface area contributed by atoms with Gasteiger partial charge in [-0.3, -0.25) is 4.79 Å². The van der Waals surface area contributed by atoms with Crippen molar-refractivity contribution in [2.75, 3.05) is 13.2 Å². The second-order valence-electron chi connectivity index (χ2n) is 5.58. The van der Waals surface area contributed by atoms with Crippen LogP contribution >= 0.6 is 0 Å². The van der Waals surface area contributed by atoms with E-state index in [9.17, 15) is 4.79 Å². The van der Waals surface area contributed by atoms with Crippen LogP contribution in [0.1, 0.15) is 35.8 Å². The fourth-order valence-electron chi connectivity index (χ4n) is 3.19. The number of hydrogen-bond acceptors (Lipinski definition) is 2. The van der Waals surface area contributed by atoms with Crippen LogP contribution < -0.4 is 5.32 Å². The summed E-state index contributed by atoms with van der Waals surface area (Å²) < 4.78 is 7.66. The number of carbonyl (C=O) groups excluding carboxylic acids is 1. The SMILES string of the molecule is CCn1c(C(=O)NCC2CCCO2)c(C)c2ccccc21. The summed E-state index contributed by atoms with van der Waals surface area (Å²) >= 11 is 0. The smallest absolute Gasteiger partial charge is 0.268 e. The first-order valence-electron chi connectivity index (χ1n) is 7.70. The predicted molar refractivity (Wildman–Crippen MR) is 83.7 cm³/mol. The van der Waals surface area contributed by atoms with Crippen molar-refractivity contribution < 1.29 is 9.53 Å². The molecule has 2 heterocycles. The highest BCUT2D eigenvalue weighted by Crippen LogP contribution is 2.25. The molecule has 1 saturated heterocycles. The molecular formula is C17H22N2O2. The number of nitrogens with zero attached hydrogens (tertiary/aromatic N) is 1. The predicted octanol–water partition coefficient (Wildman–Crippen LogP) is 2.88. The highest BCUT2D eigenvalue weighted by molar-refractivity contribution is 6.01. The summed E-state index contributed by atoms with van der Waals surface area (Å²) in [4.78, 5) is 12.6. The van der Waals surface area contributed by atoms with Crippen LogP contribution in [0, 0.1) is 6.92 Å². The summed E-state index contributed by atoms with van der Waals surface area (Å²) in [6.45, 7) is 6.30. The van der Waals surface area contributed by atoms with Crippen molar-refractivity contribution >= 4 is 16.8 Å². The first-order valence-corrected chi connectivity index (χ1v) is 7.70.